The van der Waals surface area contributed by atoms with Crippen LogP contribution in [0.25, 0.3) is 0 Å². The Kier molecular flexibility index (Phi) is 6.57. The molecule has 1 heterocycles. The smallest absolute Gasteiger partial charge is 0.0827 e. The lowest BCUT2D eigenvalue weighted by molar-refractivity contribution is -0.0418. The molecule has 1 saturated heterocycles. The third-order valence-electron chi connectivity index (χ3n) is 4.26. The Balaban J connectivity index is 2.42. The van der Waals surface area contributed by atoms with Gasteiger partial charge in [-0.25, -0.2) is 0 Å². The van der Waals surface area contributed by atoms with Crippen LogP contribution in [0.4, 0.5) is 0 Å². The predicted octanol–water partition coefficient (Wildman–Crippen LogP) is 1.24. The highest BCUT2D eigenvalue weighted by atomic mass is 16.5. The number of morpholine rings is 1. The first-order chi connectivity index (χ1) is 8.56. The highest BCUT2D eigenvalue weighted by molar-refractivity contribution is 4.87. The topological polar surface area (TPSA) is 44.7 Å². The van der Waals surface area contributed by atoms with Gasteiger partial charge in [0.1, 0.15) is 0 Å². The fourth-order valence-electron chi connectivity index (χ4n) is 2.44. The Labute approximate surface area is 112 Å². The highest BCUT2D eigenvalue weighted by Gasteiger charge is 2.28. The first-order valence-electron chi connectivity index (χ1n) is 7.28. The number of hydrogen-bond acceptors (Lipinski definition) is 4. The molecule has 0 aromatic rings. The average molecular weight is 258 g/mol. The van der Waals surface area contributed by atoms with Crippen LogP contribution in [-0.2, 0) is 4.74 Å². The molecule has 0 amide bonds. The van der Waals surface area contributed by atoms with E-state index < -0.39 is 0 Å². The van der Waals surface area contributed by atoms with Gasteiger partial charge in [0.15, 0.2) is 0 Å². The van der Waals surface area contributed by atoms with Gasteiger partial charge in [0.05, 0.1) is 19.3 Å². The van der Waals surface area contributed by atoms with Crippen LogP contribution >= 0.6 is 0 Å². The minimum atomic E-state index is -0.135. The molecule has 18 heavy (non-hydrogen) atoms. The molecule has 0 aliphatic carbocycles. The largest absolute Gasteiger partial charge is 0.394 e. The van der Waals surface area contributed by atoms with Gasteiger partial charge in [-0.2, -0.15) is 0 Å². The molecule has 1 aliphatic rings. The van der Waals surface area contributed by atoms with Crippen molar-refractivity contribution in [3.8, 4) is 0 Å². The number of ether oxygens (including phenoxy) is 1. The van der Waals surface area contributed by atoms with Crippen molar-refractivity contribution in [2.75, 3.05) is 32.8 Å². The molecule has 0 spiro atoms. The fourth-order valence-corrected chi connectivity index (χ4v) is 2.44. The number of nitrogens with zero attached hydrogens (tertiary/aromatic N) is 1. The third-order valence-corrected chi connectivity index (χ3v) is 4.26. The molecule has 4 nitrogen and oxygen atoms in total. The van der Waals surface area contributed by atoms with Gasteiger partial charge in [-0.3, -0.25) is 4.90 Å². The van der Waals surface area contributed by atoms with E-state index in [1.807, 2.05) is 0 Å². The van der Waals surface area contributed by atoms with Gasteiger partial charge in [0, 0.05) is 31.2 Å². The van der Waals surface area contributed by atoms with E-state index in [0.717, 1.165) is 39.1 Å². The summed E-state index contributed by atoms with van der Waals surface area (Å²) in [5, 5.41) is 13.0. The molecular formula is C14H30N2O2. The van der Waals surface area contributed by atoms with Crippen LogP contribution in [0.2, 0.25) is 0 Å². The van der Waals surface area contributed by atoms with Gasteiger partial charge >= 0.3 is 0 Å². The van der Waals surface area contributed by atoms with Crippen molar-refractivity contribution < 1.29 is 9.84 Å². The molecule has 1 unspecified atom stereocenters. The normalized spacial score (nSPS) is 22.7. The minimum absolute atomic E-state index is 0.135. The Bertz CT molecular complexity index is 222. The van der Waals surface area contributed by atoms with E-state index in [-0.39, 0.29) is 18.2 Å². The molecule has 1 atom stereocenters. The molecule has 0 aromatic heterocycles. The Hall–Kier alpha value is -0.160. The summed E-state index contributed by atoms with van der Waals surface area (Å²) in [5.41, 5.74) is -0.135. The summed E-state index contributed by atoms with van der Waals surface area (Å²) in [4.78, 5) is 2.45. The second-order valence-electron chi connectivity index (χ2n) is 5.61. The number of nitrogens with one attached hydrogen (secondary N) is 1. The van der Waals surface area contributed by atoms with Gasteiger partial charge in [0.2, 0.25) is 0 Å². The fraction of sp³-hybridized carbons (Fsp3) is 1.00. The lowest BCUT2D eigenvalue weighted by Gasteiger charge is -2.38. The maximum atomic E-state index is 9.53. The Morgan fingerprint density at radius 2 is 2.06 bits per heavy atom. The van der Waals surface area contributed by atoms with Crippen molar-refractivity contribution in [1.29, 1.82) is 0 Å². The van der Waals surface area contributed by atoms with Crippen molar-refractivity contribution in [2.45, 2.75) is 58.2 Å². The summed E-state index contributed by atoms with van der Waals surface area (Å²) in [6.07, 6.45) is 2.13. The second-order valence-corrected chi connectivity index (χ2v) is 5.61. The molecule has 0 saturated carbocycles. The highest BCUT2D eigenvalue weighted by Crippen LogP contribution is 2.15. The van der Waals surface area contributed by atoms with Gasteiger partial charge in [-0.1, -0.05) is 13.8 Å². The van der Waals surface area contributed by atoms with Crippen LogP contribution in [0.15, 0.2) is 0 Å². The van der Waals surface area contributed by atoms with Crippen LogP contribution in [0.1, 0.15) is 40.5 Å². The lowest BCUT2D eigenvalue weighted by Crippen LogP contribution is -2.54. The van der Waals surface area contributed by atoms with Gasteiger partial charge < -0.3 is 15.2 Å². The van der Waals surface area contributed by atoms with Crippen molar-refractivity contribution in [3.05, 3.63) is 0 Å². The van der Waals surface area contributed by atoms with E-state index in [2.05, 4.69) is 37.9 Å². The quantitative estimate of drug-likeness (QED) is 0.721. The maximum absolute atomic E-state index is 9.53. The summed E-state index contributed by atoms with van der Waals surface area (Å²) in [6.45, 7) is 12.5. The number of aliphatic hydroxyl groups is 1. The molecule has 0 bridgehead atoms. The monoisotopic (exact) mass is 258 g/mol. The van der Waals surface area contributed by atoms with Crippen LogP contribution < -0.4 is 5.32 Å². The molecule has 108 valence electrons. The van der Waals surface area contributed by atoms with Gasteiger partial charge in [-0.15, -0.1) is 0 Å². The SMILES string of the molecule is CCC(CC)(CO)NCC1CN(C(C)C)CCO1. The standard InChI is InChI=1S/C14H30N2O2/c1-5-14(6-2,11-17)15-9-13-10-16(12(3)4)7-8-18-13/h12-13,15,17H,5-11H2,1-4H3. The molecule has 4 heteroatoms. The number of hydrogen-bond donors (Lipinski definition) is 2. The summed E-state index contributed by atoms with van der Waals surface area (Å²) < 4.78 is 5.80. The van der Waals surface area contributed by atoms with E-state index in [4.69, 9.17) is 4.74 Å². The molecular weight excluding hydrogens is 228 g/mol. The summed E-state index contributed by atoms with van der Waals surface area (Å²) in [5.74, 6) is 0. The molecule has 1 rings (SSSR count). The zero-order chi connectivity index (χ0) is 13.6. The minimum Gasteiger partial charge on any atom is -0.394 e. The van der Waals surface area contributed by atoms with Crippen LogP contribution in [0.3, 0.4) is 0 Å². The average Bonchev–Trinajstić information content (AvgIpc) is 2.41. The Morgan fingerprint density at radius 3 is 2.56 bits per heavy atom. The van der Waals surface area contributed by atoms with Crippen LogP contribution in [0, 0.1) is 0 Å². The van der Waals surface area contributed by atoms with E-state index in [0.29, 0.717) is 6.04 Å². The van der Waals surface area contributed by atoms with Crippen LogP contribution in [0.5, 0.6) is 0 Å². The lowest BCUT2D eigenvalue weighted by atomic mass is 9.93. The molecule has 1 aliphatic heterocycles. The summed E-state index contributed by atoms with van der Waals surface area (Å²) >= 11 is 0. The van der Waals surface area contributed by atoms with Crippen LogP contribution in [-0.4, -0.2) is 60.5 Å². The first-order valence-corrected chi connectivity index (χ1v) is 7.28. The predicted molar refractivity (Wildman–Crippen MR) is 74.9 cm³/mol. The van der Waals surface area contributed by atoms with Crippen molar-refractivity contribution in [1.82, 2.24) is 10.2 Å². The number of rotatable bonds is 7. The summed E-state index contributed by atoms with van der Waals surface area (Å²) in [6, 6.07) is 0.580. The molecule has 0 aromatic carbocycles. The zero-order valence-electron chi connectivity index (χ0n) is 12.4. The van der Waals surface area contributed by atoms with Crippen molar-refractivity contribution >= 4 is 0 Å². The summed E-state index contributed by atoms with van der Waals surface area (Å²) in [7, 11) is 0. The molecule has 1 fully saturated rings. The van der Waals surface area contributed by atoms with Crippen molar-refractivity contribution in [3.63, 3.8) is 0 Å². The van der Waals surface area contributed by atoms with E-state index in [9.17, 15) is 5.11 Å². The third kappa shape index (κ3) is 4.19. The molecule has 0 radical (unpaired) electrons. The molecule has 2 N–H and O–H groups in total. The maximum Gasteiger partial charge on any atom is 0.0827 e. The van der Waals surface area contributed by atoms with Crippen molar-refractivity contribution in [2.24, 2.45) is 0 Å². The first kappa shape index (κ1) is 15.9. The van der Waals surface area contributed by atoms with E-state index in [1.54, 1.807) is 0 Å². The van der Waals surface area contributed by atoms with E-state index in [1.165, 1.54) is 0 Å². The van der Waals surface area contributed by atoms with Gasteiger partial charge in [0.25, 0.3) is 0 Å². The second kappa shape index (κ2) is 7.43. The number of aliphatic hydroxyl groups excluding tert-OH is 1. The zero-order valence-corrected chi connectivity index (χ0v) is 12.4. The van der Waals surface area contributed by atoms with E-state index >= 15 is 0 Å². The Morgan fingerprint density at radius 1 is 1.39 bits per heavy atom. The van der Waals surface area contributed by atoms with Gasteiger partial charge in [-0.05, 0) is 26.7 Å².